The van der Waals surface area contributed by atoms with Crippen LogP contribution in [-0.4, -0.2) is 16.6 Å². The molecule has 150 valence electrons. The molecule has 0 fully saturated rings. The van der Waals surface area contributed by atoms with Crippen LogP contribution in [0.1, 0.15) is 23.7 Å². The topological polar surface area (TPSA) is 45.6 Å². The molecule has 0 bridgehead atoms. The number of carbonyl (C=O) groups is 1. The average molecular weight is 403 g/mol. The Morgan fingerprint density at radius 2 is 1.87 bits per heavy atom. The number of benzene rings is 2. The lowest BCUT2D eigenvalue weighted by atomic mass is 10.1. The third-order valence-corrected chi connectivity index (χ3v) is 4.79. The summed E-state index contributed by atoms with van der Waals surface area (Å²) in [5.74, 6) is -3.39. The molecular formula is C24H19F2N3O. The van der Waals surface area contributed by atoms with Gasteiger partial charge in [0.25, 0.3) is 11.8 Å². The van der Waals surface area contributed by atoms with Crippen molar-refractivity contribution in [2.45, 2.75) is 19.4 Å². The van der Waals surface area contributed by atoms with Gasteiger partial charge in [0.05, 0.1) is 23.6 Å². The number of halogens is 2. The highest BCUT2D eigenvalue weighted by atomic mass is 19.3. The van der Waals surface area contributed by atoms with E-state index in [1.807, 2.05) is 42.5 Å². The monoisotopic (exact) mass is 403 g/mol. The van der Waals surface area contributed by atoms with E-state index < -0.39 is 5.92 Å². The molecule has 2 heterocycles. The second kappa shape index (κ2) is 7.99. The van der Waals surface area contributed by atoms with Crippen molar-refractivity contribution in [3.63, 3.8) is 0 Å². The van der Waals surface area contributed by atoms with Gasteiger partial charge in [0.1, 0.15) is 5.71 Å². The maximum atomic E-state index is 14.3. The van der Waals surface area contributed by atoms with Gasteiger partial charge in [-0.1, -0.05) is 42.5 Å². The van der Waals surface area contributed by atoms with E-state index in [-0.39, 0.29) is 17.2 Å². The van der Waals surface area contributed by atoms with E-state index in [4.69, 9.17) is 0 Å². The van der Waals surface area contributed by atoms with Gasteiger partial charge in [-0.15, -0.1) is 0 Å². The molecule has 0 unspecified atom stereocenters. The lowest BCUT2D eigenvalue weighted by Gasteiger charge is -2.16. The molecule has 0 saturated carbocycles. The molecule has 1 amide bonds. The molecule has 0 aliphatic carbocycles. The number of carbonyl (C=O) groups excluding carboxylic acids is 1. The number of aliphatic imine (C=N–C) groups is 1. The smallest absolute Gasteiger partial charge is 0.291 e. The molecule has 1 aliphatic rings. The molecule has 1 aliphatic heterocycles. The van der Waals surface area contributed by atoms with Crippen molar-refractivity contribution in [2.24, 2.45) is 4.99 Å². The maximum absolute atomic E-state index is 14.3. The van der Waals surface area contributed by atoms with Crippen molar-refractivity contribution >= 4 is 23.0 Å². The van der Waals surface area contributed by atoms with Crippen LogP contribution in [0.25, 0.3) is 0 Å². The Balaban J connectivity index is 1.73. The van der Waals surface area contributed by atoms with Gasteiger partial charge < -0.3 is 4.90 Å². The first-order chi connectivity index (χ1) is 14.5. The Morgan fingerprint density at radius 3 is 2.63 bits per heavy atom. The Hall–Kier alpha value is -3.67. The van der Waals surface area contributed by atoms with Crippen molar-refractivity contribution in [2.75, 3.05) is 4.90 Å². The standard InChI is InChI=1S/C24H19F2N3O/c1-2-13-24(25,26)17-8-7-10-18(15-17)28-22-20-11-3-4-12-21(20)29(23(22)30)16-19-9-5-6-14-27-19/h2-15H,16H2,1H3/b13-2+,28-22?. The van der Waals surface area contributed by atoms with E-state index >= 15 is 0 Å². The minimum Gasteiger partial charge on any atom is -0.300 e. The Bertz CT molecular complexity index is 1140. The SMILES string of the molecule is C/C=C/C(F)(F)c1cccc(N=C2C(=O)N(Cc3ccccn3)c3ccccc32)c1. The van der Waals surface area contributed by atoms with Crippen LogP contribution < -0.4 is 4.90 Å². The third-order valence-electron chi connectivity index (χ3n) is 4.79. The maximum Gasteiger partial charge on any atom is 0.291 e. The number of rotatable bonds is 5. The molecule has 4 rings (SSSR count). The molecule has 0 spiro atoms. The second-order valence-electron chi connectivity index (χ2n) is 6.86. The number of nitrogens with zero attached hydrogens (tertiary/aromatic N) is 3. The lowest BCUT2D eigenvalue weighted by Crippen LogP contribution is -2.29. The molecular weight excluding hydrogens is 384 g/mol. The largest absolute Gasteiger partial charge is 0.300 e. The Morgan fingerprint density at radius 1 is 1.07 bits per heavy atom. The quantitative estimate of drug-likeness (QED) is 0.534. The van der Waals surface area contributed by atoms with Gasteiger partial charge in [0.2, 0.25) is 0 Å². The van der Waals surface area contributed by atoms with E-state index in [2.05, 4.69) is 9.98 Å². The average Bonchev–Trinajstić information content (AvgIpc) is 3.01. The van der Waals surface area contributed by atoms with Crippen LogP contribution in [0.3, 0.4) is 0 Å². The van der Waals surface area contributed by atoms with Crippen LogP contribution in [0, 0.1) is 0 Å². The number of para-hydroxylation sites is 1. The molecule has 3 aromatic rings. The molecule has 6 heteroatoms. The zero-order valence-corrected chi connectivity index (χ0v) is 16.3. The summed E-state index contributed by atoms with van der Waals surface area (Å²) in [6.45, 7) is 1.84. The van der Waals surface area contributed by atoms with Gasteiger partial charge in [-0.2, -0.15) is 8.78 Å². The van der Waals surface area contributed by atoms with Gasteiger partial charge in [0, 0.05) is 17.3 Å². The molecule has 1 aromatic heterocycles. The van der Waals surface area contributed by atoms with Gasteiger partial charge in [0.15, 0.2) is 0 Å². The van der Waals surface area contributed by atoms with Crippen LogP contribution in [0.15, 0.2) is 90.1 Å². The van der Waals surface area contributed by atoms with Crippen LogP contribution in [-0.2, 0) is 17.3 Å². The summed E-state index contributed by atoms with van der Waals surface area (Å²) in [5.41, 5.74) is 2.50. The number of amides is 1. The second-order valence-corrected chi connectivity index (χ2v) is 6.86. The van der Waals surface area contributed by atoms with Crippen LogP contribution in [0.2, 0.25) is 0 Å². The van der Waals surface area contributed by atoms with Crippen molar-refractivity contribution < 1.29 is 13.6 Å². The highest BCUT2D eigenvalue weighted by Crippen LogP contribution is 2.34. The summed E-state index contributed by atoms with van der Waals surface area (Å²) in [4.78, 5) is 23.5. The number of fused-ring (bicyclic) bond motifs is 1. The third kappa shape index (κ3) is 3.76. The first kappa shape index (κ1) is 19.6. The molecule has 0 atom stereocenters. The van der Waals surface area contributed by atoms with Crippen molar-refractivity contribution in [1.29, 1.82) is 0 Å². The van der Waals surface area contributed by atoms with Crippen molar-refractivity contribution in [3.05, 3.63) is 102 Å². The van der Waals surface area contributed by atoms with E-state index in [1.54, 1.807) is 24.1 Å². The van der Waals surface area contributed by atoms with Crippen LogP contribution in [0.5, 0.6) is 0 Å². The Kier molecular flexibility index (Phi) is 5.23. The zero-order valence-electron chi connectivity index (χ0n) is 16.3. The van der Waals surface area contributed by atoms with Crippen molar-refractivity contribution in [3.8, 4) is 0 Å². The van der Waals surface area contributed by atoms with E-state index in [0.717, 1.165) is 17.5 Å². The predicted molar refractivity (Wildman–Crippen MR) is 113 cm³/mol. The van der Waals surface area contributed by atoms with Gasteiger partial charge in [-0.25, -0.2) is 4.99 Å². The fraction of sp³-hybridized carbons (Fsp3) is 0.125. The summed E-state index contributed by atoms with van der Waals surface area (Å²) in [6, 6.07) is 18.6. The Labute approximate surface area is 173 Å². The lowest BCUT2D eigenvalue weighted by molar-refractivity contribution is -0.112. The van der Waals surface area contributed by atoms with E-state index in [9.17, 15) is 13.6 Å². The molecule has 0 radical (unpaired) electrons. The minimum atomic E-state index is -3.10. The molecule has 2 aromatic carbocycles. The minimum absolute atomic E-state index is 0.175. The molecule has 0 N–H and O–H groups in total. The number of allylic oxidation sites excluding steroid dienone is 2. The summed E-state index contributed by atoms with van der Waals surface area (Å²) in [5, 5.41) is 0. The zero-order chi connectivity index (χ0) is 21.1. The van der Waals surface area contributed by atoms with Crippen LogP contribution >= 0.6 is 0 Å². The normalized spacial score (nSPS) is 15.2. The fourth-order valence-corrected chi connectivity index (χ4v) is 3.40. The molecule has 0 saturated heterocycles. The summed E-state index contributed by atoms with van der Waals surface area (Å²) < 4.78 is 28.5. The van der Waals surface area contributed by atoms with E-state index in [0.29, 0.717) is 17.8 Å². The van der Waals surface area contributed by atoms with E-state index in [1.165, 1.54) is 24.3 Å². The van der Waals surface area contributed by atoms with Gasteiger partial charge >= 0.3 is 0 Å². The number of pyridine rings is 1. The molecule has 30 heavy (non-hydrogen) atoms. The fourth-order valence-electron chi connectivity index (χ4n) is 3.40. The predicted octanol–water partition coefficient (Wildman–Crippen LogP) is 5.42. The number of anilines is 1. The number of aromatic nitrogens is 1. The number of alkyl halides is 2. The summed E-state index contributed by atoms with van der Waals surface area (Å²) in [6.07, 6.45) is 3.82. The highest BCUT2D eigenvalue weighted by molar-refractivity contribution is 6.54. The first-order valence-corrected chi connectivity index (χ1v) is 9.51. The van der Waals surface area contributed by atoms with Crippen molar-refractivity contribution in [1.82, 2.24) is 4.98 Å². The molecule has 4 nitrogen and oxygen atoms in total. The van der Waals surface area contributed by atoms with Gasteiger partial charge in [-0.05, 0) is 43.3 Å². The van der Waals surface area contributed by atoms with Gasteiger partial charge in [-0.3, -0.25) is 9.78 Å². The van der Waals surface area contributed by atoms with Crippen LogP contribution in [0.4, 0.5) is 20.2 Å². The number of hydrogen-bond donors (Lipinski definition) is 0. The first-order valence-electron chi connectivity index (χ1n) is 9.51. The highest BCUT2D eigenvalue weighted by Gasteiger charge is 2.34. The summed E-state index contributed by atoms with van der Waals surface area (Å²) >= 11 is 0. The number of hydrogen-bond acceptors (Lipinski definition) is 3. The summed E-state index contributed by atoms with van der Waals surface area (Å²) in [7, 11) is 0.